The molecule has 4 rings (SSSR count). The zero-order valence-corrected chi connectivity index (χ0v) is 18.7. The highest BCUT2D eigenvalue weighted by Gasteiger charge is 2.21. The topological polar surface area (TPSA) is 29.9 Å². The minimum Gasteiger partial charge on any atom is -0.305 e. The first-order valence-electron chi connectivity index (χ1n) is 10.8. The maximum Gasteiger partial charge on any atom is 0.100 e. The van der Waals surface area contributed by atoms with Gasteiger partial charge in [-0.3, -0.25) is 4.68 Å². The van der Waals surface area contributed by atoms with Crippen LogP contribution in [0.5, 0.6) is 0 Å². The van der Waals surface area contributed by atoms with Crippen LogP contribution >= 0.6 is 0 Å². The molecule has 0 aliphatic carbocycles. The van der Waals surface area contributed by atoms with E-state index in [0.29, 0.717) is 0 Å². The quantitative estimate of drug-likeness (QED) is 0.407. The summed E-state index contributed by atoms with van der Waals surface area (Å²) in [4.78, 5) is 0. The Kier molecular flexibility index (Phi) is 5.74. The number of hydrogen-bond acceptors (Lipinski definition) is 2. The lowest BCUT2D eigenvalue weighted by molar-refractivity contribution is 0.486. The van der Waals surface area contributed by atoms with Gasteiger partial charge in [0.15, 0.2) is 0 Å². The van der Waals surface area contributed by atoms with Gasteiger partial charge < -0.3 is 5.32 Å². The van der Waals surface area contributed by atoms with E-state index in [1.807, 2.05) is 0 Å². The lowest BCUT2D eigenvalue weighted by Gasteiger charge is -2.18. The van der Waals surface area contributed by atoms with E-state index in [1.165, 1.54) is 44.5 Å². The highest BCUT2D eigenvalue weighted by molar-refractivity contribution is 5.97. The lowest BCUT2D eigenvalue weighted by atomic mass is 9.92. The maximum absolute atomic E-state index is 4.99. The summed E-state index contributed by atoms with van der Waals surface area (Å²) >= 11 is 0. The van der Waals surface area contributed by atoms with Crippen LogP contribution in [-0.2, 0) is 13.6 Å². The first kappa shape index (κ1) is 20.4. The molecule has 0 aliphatic heterocycles. The predicted molar refractivity (Wildman–Crippen MR) is 127 cm³/mol. The van der Waals surface area contributed by atoms with Crippen LogP contribution in [0.25, 0.3) is 22.0 Å². The standard InChI is InChI=1S/C27H31N3/c1-6-24(28-17-21-11-8-7-9-12-21)27-23-14-10-13-22(26(23)29-30(27)5)25-19(3)15-18(2)16-20(25)4/h7-16,24,28H,6,17H2,1-5H3. The number of benzene rings is 3. The van der Waals surface area contributed by atoms with Gasteiger partial charge in [0.05, 0.1) is 5.69 Å². The smallest absolute Gasteiger partial charge is 0.100 e. The molecule has 4 aromatic rings. The SMILES string of the molecule is CCC(NCc1ccccc1)c1c2cccc(-c3c(C)cc(C)cc3C)c2nn1C. The monoisotopic (exact) mass is 397 g/mol. The number of hydrogen-bond donors (Lipinski definition) is 1. The summed E-state index contributed by atoms with van der Waals surface area (Å²) < 4.78 is 2.07. The third-order valence-corrected chi connectivity index (χ3v) is 5.99. The summed E-state index contributed by atoms with van der Waals surface area (Å²) in [5, 5.41) is 9.98. The van der Waals surface area contributed by atoms with Gasteiger partial charge in [-0.2, -0.15) is 5.10 Å². The third kappa shape index (κ3) is 3.78. The van der Waals surface area contributed by atoms with Crippen LogP contribution in [0.3, 0.4) is 0 Å². The van der Waals surface area contributed by atoms with Gasteiger partial charge in [0.25, 0.3) is 0 Å². The Morgan fingerprint density at radius 2 is 1.63 bits per heavy atom. The molecule has 1 N–H and O–H groups in total. The Hall–Kier alpha value is -2.91. The molecule has 1 atom stereocenters. The van der Waals surface area contributed by atoms with Crippen molar-refractivity contribution in [1.29, 1.82) is 0 Å². The Morgan fingerprint density at radius 1 is 0.933 bits per heavy atom. The summed E-state index contributed by atoms with van der Waals surface area (Å²) in [7, 11) is 2.07. The summed E-state index contributed by atoms with van der Waals surface area (Å²) in [6.45, 7) is 9.65. The molecule has 1 heterocycles. The summed E-state index contributed by atoms with van der Waals surface area (Å²) in [5.74, 6) is 0. The third-order valence-electron chi connectivity index (χ3n) is 5.99. The van der Waals surface area contributed by atoms with Crippen molar-refractivity contribution in [1.82, 2.24) is 15.1 Å². The second-order valence-corrected chi connectivity index (χ2v) is 8.31. The van der Waals surface area contributed by atoms with Gasteiger partial charge in [0, 0.05) is 30.6 Å². The minimum absolute atomic E-state index is 0.246. The van der Waals surface area contributed by atoms with Crippen LogP contribution in [0.2, 0.25) is 0 Å². The van der Waals surface area contributed by atoms with E-state index in [0.717, 1.165) is 18.5 Å². The van der Waals surface area contributed by atoms with Crippen molar-refractivity contribution in [2.24, 2.45) is 7.05 Å². The van der Waals surface area contributed by atoms with Gasteiger partial charge in [0.1, 0.15) is 5.52 Å². The van der Waals surface area contributed by atoms with Crippen molar-refractivity contribution >= 4 is 10.9 Å². The van der Waals surface area contributed by atoms with Crippen molar-refractivity contribution in [3.8, 4) is 11.1 Å². The summed E-state index contributed by atoms with van der Waals surface area (Å²) in [6.07, 6.45) is 1.01. The van der Waals surface area contributed by atoms with E-state index < -0.39 is 0 Å². The molecule has 3 heteroatoms. The maximum atomic E-state index is 4.99. The second kappa shape index (κ2) is 8.45. The Labute approximate surface area is 179 Å². The predicted octanol–water partition coefficient (Wildman–Crippen LogP) is 6.41. The second-order valence-electron chi connectivity index (χ2n) is 8.31. The van der Waals surface area contributed by atoms with Crippen LogP contribution in [0.15, 0.2) is 60.7 Å². The average molecular weight is 398 g/mol. The Balaban J connectivity index is 1.78. The van der Waals surface area contributed by atoms with Crippen LogP contribution < -0.4 is 5.32 Å². The molecular weight excluding hydrogens is 366 g/mol. The van der Waals surface area contributed by atoms with Gasteiger partial charge in [-0.05, 0) is 49.4 Å². The van der Waals surface area contributed by atoms with Crippen LogP contribution in [0.4, 0.5) is 0 Å². The minimum atomic E-state index is 0.246. The first-order valence-corrected chi connectivity index (χ1v) is 10.8. The van der Waals surface area contributed by atoms with Gasteiger partial charge in [-0.1, -0.05) is 73.2 Å². The number of rotatable bonds is 6. The molecule has 0 fully saturated rings. The van der Waals surface area contributed by atoms with E-state index in [9.17, 15) is 0 Å². The van der Waals surface area contributed by atoms with Gasteiger partial charge in [0.2, 0.25) is 0 Å². The van der Waals surface area contributed by atoms with Crippen molar-refractivity contribution < 1.29 is 0 Å². The lowest BCUT2D eigenvalue weighted by Crippen LogP contribution is -2.22. The van der Waals surface area contributed by atoms with Crippen LogP contribution in [0, 0.1) is 20.8 Å². The molecule has 154 valence electrons. The number of nitrogens with one attached hydrogen (secondary N) is 1. The van der Waals surface area contributed by atoms with E-state index >= 15 is 0 Å². The number of nitrogens with zero attached hydrogens (tertiary/aromatic N) is 2. The van der Waals surface area contributed by atoms with Gasteiger partial charge in [-0.25, -0.2) is 0 Å². The molecule has 0 amide bonds. The fraction of sp³-hybridized carbons (Fsp3) is 0.296. The first-order chi connectivity index (χ1) is 14.5. The molecule has 0 radical (unpaired) electrons. The molecule has 3 aromatic carbocycles. The zero-order chi connectivity index (χ0) is 21.3. The molecule has 0 saturated heterocycles. The van der Waals surface area contributed by atoms with Gasteiger partial charge in [-0.15, -0.1) is 0 Å². The van der Waals surface area contributed by atoms with E-state index in [2.05, 4.69) is 105 Å². The Bertz CT molecular complexity index is 1150. The van der Waals surface area contributed by atoms with E-state index in [-0.39, 0.29) is 6.04 Å². The molecule has 1 unspecified atom stereocenters. The Morgan fingerprint density at radius 3 is 2.30 bits per heavy atom. The number of fused-ring (bicyclic) bond motifs is 1. The van der Waals surface area contributed by atoms with Crippen LogP contribution in [-0.4, -0.2) is 9.78 Å². The van der Waals surface area contributed by atoms with Crippen molar-refractivity contribution in [2.45, 2.75) is 46.7 Å². The number of aromatic nitrogens is 2. The largest absolute Gasteiger partial charge is 0.305 e. The van der Waals surface area contributed by atoms with Crippen molar-refractivity contribution in [2.75, 3.05) is 0 Å². The van der Waals surface area contributed by atoms with Gasteiger partial charge >= 0.3 is 0 Å². The normalized spacial score (nSPS) is 12.4. The van der Waals surface area contributed by atoms with Crippen molar-refractivity contribution in [3.63, 3.8) is 0 Å². The van der Waals surface area contributed by atoms with Crippen LogP contribution in [0.1, 0.15) is 47.3 Å². The molecular formula is C27H31N3. The molecule has 30 heavy (non-hydrogen) atoms. The summed E-state index contributed by atoms with van der Waals surface area (Å²) in [5.41, 5.74) is 10.1. The highest BCUT2D eigenvalue weighted by atomic mass is 15.3. The molecule has 0 saturated carbocycles. The molecule has 3 nitrogen and oxygen atoms in total. The van der Waals surface area contributed by atoms with E-state index in [1.54, 1.807) is 0 Å². The molecule has 0 spiro atoms. The fourth-order valence-electron chi connectivity index (χ4n) is 4.73. The highest BCUT2D eigenvalue weighted by Crippen LogP contribution is 2.36. The zero-order valence-electron chi connectivity index (χ0n) is 18.7. The average Bonchev–Trinajstić information content (AvgIpc) is 3.05. The van der Waals surface area contributed by atoms with E-state index in [4.69, 9.17) is 5.10 Å². The molecule has 1 aromatic heterocycles. The molecule has 0 bridgehead atoms. The summed E-state index contributed by atoms with van der Waals surface area (Å²) in [6, 6.07) is 22.0. The molecule has 0 aliphatic rings. The van der Waals surface area contributed by atoms with Crippen molar-refractivity contribution in [3.05, 3.63) is 88.6 Å². The fourth-order valence-corrected chi connectivity index (χ4v) is 4.73. The number of aryl methyl sites for hydroxylation is 4.